The van der Waals surface area contributed by atoms with Crippen LogP contribution in [0.3, 0.4) is 0 Å². The summed E-state index contributed by atoms with van der Waals surface area (Å²) in [5.74, 6) is 0.765. The number of nitrogens with one attached hydrogen (secondary N) is 1. The number of hydrogen-bond donors (Lipinski definition) is 1. The van der Waals surface area contributed by atoms with Crippen LogP contribution < -0.4 is 10.1 Å². The Morgan fingerprint density at radius 2 is 2.19 bits per heavy atom. The zero-order valence-electron chi connectivity index (χ0n) is 15.2. The van der Waals surface area contributed by atoms with Gasteiger partial charge in [-0.3, -0.25) is 14.5 Å². The summed E-state index contributed by atoms with van der Waals surface area (Å²) in [5.41, 5.74) is 1.78. The van der Waals surface area contributed by atoms with Gasteiger partial charge in [0, 0.05) is 24.5 Å². The lowest BCUT2D eigenvalue weighted by molar-refractivity contribution is 0.0901. The van der Waals surface area contributed by atoms with Crippen molar-refractivity contribution in [1.82, 2.24) is 10.2 Å². The van der Waals surface area contributed by atoms with Gasteiger partial charge in [0.2, 0.25) is 0 Å². The van der Waals surface area contributed by atoms with E-state index in [0.29, 0.717) is 10.4 Å². The van der Waals surface area contributed by atoms with Gasteiger partial charge in [-0.1, -0.05) is 12.1 Å². The number of rotatable bonds is 6. The van der Waals surface area contributed by atoms with Gasteiger partial charge in [-0.05, 0) is 50.1 Å². The summed E-state index contributed by atoms with van der Waals surface area (Å²) < 4.78 is 5.29. The molecule has 2 aromatic rings. The second kappa shape index (κ2) is 8.47. The van der Waals surface area contributed by atoms with Crippen molar-refractivity contribution in [3.8, 4) is 5.75 Å². The molecule has 2 heterocycles. The van der Waals surface area contributed by atoms with Crippen molar-refractivity contribution in [2.45, 2.75) is 32.4 Å². The van der Waals surface area contributed by atoms with Crippen molar-refractivity contribution >= 4 is 23.0 Å². The fourth-order valence-electron chi connectivity index (χ4n) is 3.25. The number of nitrogens with zero attached hydrogens (tertiary/aromatic N) is 1. The first-order chi connectivity index (χ1) is 12.5. The highest BCUT2D eigenvalue weighted by Gasteiger charge is 2.22. The van der Waals surface area contributed by atoms with Crippen molar-refractivity contribution in [1.29, 1.82) is 0 Å². The second-order valence-electron chi connectivity index (χ2n) is 6.66. The fourth-order valence-corrected chi connectivity index (χ4v) is 4.04. The smallest absolute Gasteiger partial charge is 0.252 e. The summed E-state index contributed by atoms with van der Waals surface area (Å²) in [5, 5.41) is 4.87. The molecule has 1 amide bonds. The van der Waals surface area contributed by atoms with Gasteiger partial charge in [0.05, 0.1) is 17.6 Å². The lowest BCUT2D eigenvalue weighted by Gasteiger charge is -2.33. The summed E-state index contributed by atoms with van der Waals surface area (Å²) in [6.07, 6.45) is 2.03. The van der Waals surface area contributed by atoms with Gasteiger partial charge < -0.3 is 10.1 Å². The molecule has 0 spiro atoms. The van der Waals surface area contributed by atoms with Gasteiger partial charge in [0.25, 0.3) is 5.91 Å². The van der Waals surface area contributed by atoms with Gasteiger partial charge in [-0.25, -0.2) is 0 Å². The number of carbonyl (C=O) groups excluding carboxylic acids is 2. The number of amides is 1. The number of ketones is 1. The Hall–Kier alpha value is -2.18. The van der Waals surface area contributed by atoms with Crippen LogP contribution in [0.5, 0.6) is 5.75 Å². The van der Waals surface area contributed by atoms with Crippen LogP contribution in [0.15, 0.2) is 35.7 Å². The number of Topliss-reactive ketones (excluding diaryl/α,β-unsaturated/α-hetero) is 1. The molecule has 5 nitrogen and oxygen atoms in total. The van der Waals surface area contributed by atoms with Crippen LogP contribution in [0.4, 0.5) is 0 Å². The molecule has 1 atom stereocenters. The number of thiophene rings is 1. The topological polar surface area (TPSA) is 58.6 Å². The van der Waals surface area contributed by atoms with Crippen LogP contribution in [0.2, 0.25) is 0 Å². The van der Waals surface area contributed by atoms with Gasteiger partial charge in [0.1, 0.15) is 5.75 Å². The zero-order valence-corrected chi connectivity index (χ0v) is 16.0. The predicted molar refractivity (Wildman–Crippen MR) is 103 cm³/mol. The maximum absolute atomic E-state index is 12.4. The minimum Gasteiger partial charge on any atom is -0.497 e. The normalized spacial score (nSPS) is 17.7. The largest absolute Gasteiger partial charge is 0.497 e. The summed E-state index contributed by atoms with van der Waals surface area (Å²) in [6.45, 7) is 4.21. The van der Waals surface area contributed by atoms with Gasteiger partial charge in [-0.15, -0.1) is 11.3 Å². The Morgan fingerprint density at radius 3 is 2.92 bits per heavy atom. The third-order valence-electron chi connectivity index (χ3n) is 4.59. The monoisotopic (exact) mass is 372 g/mol. The van der Waals surface area contributed by atoms with E-state index in [-0.39, 0.29) is 17.7 Å². The highest BCUT2D eigenvalue weighted by Crippen LogP contribution is 2.19. The molecular weight excluding hydrogens is 348 g/mol. The Bertz CT molecular complexity index is 787. The average Bonchev–Trinajstić information content (AvgIpc) is 3.13. The molecule has 1 aromatic carbocycles. The number of carbonyl (C=O) groups is 2. The summed E-state index contributed by atoms with van der Waals surface area (Å²) in [7, 11) is 1.67. The van der Waals surface area contributed by atoms with Crippen LogP contribution in [0.25, 0.3) is 0 Å². The molecule has 1 aliphatic heterocycles. The summed E-state index contributed by atoms with van der Waals surface area (Å²) in [6, 6.07) is 9.90. The van der Waals surface area contributed by atoms with E-state index in [2.05, 4.69) is 22.3 Å². The molecule has 6 heteroatoms. The molecule has 1 saturated heterocycles. The lowest BCUT2D eigenvalue weighted by Crippen LogP contribution is -2.47. The first-order valence-electron chi connectivity index (χ1n) is 8.81. The molecule has 26 heavy (non-hydrogen) atoms. The van der Waals surface area contributed by atoms with Crippen molar-refractivity contribution < 1.29 is 14.3 Å². The molecule has 0 aliphatic carbocycles. The van der Waals surface area contributed by atoms with Crippen molar-refractivity contribution in [3.05, 3.63) is 51.7 Å². The van der Waals surface area contributed by atoms with E-state index in [0.717, 1.165) is 38.2 Å². The standard InChI is InChI=1S/C20H24N2O3S/c1-14(23)19-10-16(13-26-19)20(24)21-17-6-4-8-22(12-17)11-15-5-3-7-18(9-15)25-2/h3,5,7,9-10,13,17H,4,6,8,11-12H2,1-2H3,(H,21,24)/t17-/m1/s1. The number of piperidine rings is 1. The van der Waals surface area contributed by atoms with E-state index in [1.165, 1.54) is 23.8 Å². The van der Waals surface area contributed by atoms with Crippen LogP contribution in [0.1, 0.15) is 45.4 Å². The third-order valence-corrected chi connectivity index (χ3v) is 5.62. The molecular formula is C20H24N2O3S. The molecule has 0 saturated carbocycles. The SMILES string of the molecule is COc1cccc(CN2CCC[C@@H](NC(=O)c3csc(C(C)=O)c3)C2)c1. The molecule has 1 aromatic heterocycles. The Balaban J connectivity index is 1.57. The number of methoxy groups -OCH3 is 1. The number of benzene rings is 1. The summed E-state index contributed by atoms with van der Waals surface area (Å²) >= 11 is 1.32. The van der Waals surface area contributed by atoms with E-state index in [9.17, 15) is 9.59 Å². The van der Waals surface area contributed by atoms with E-state index in [1.807, 2.05) is 12.1 Å². The van der Waals surface area contributed by atoms with Gasteiger partial charge in [0.15, 0.2) is 5.78 Å². The van der Waals surface area contributed by atoms with Crippen LogP contribution in [0, 0.1) is 0 Å². The number of hydrogen-bond acceptors (Lipinski definition) is 5. The van der Waals surface area contributed by atoms with Crippen molar-refractivity contribution in [3.63, 3.8) is 0 Å². The lowest BCUT2D eigenvalue weighted by atomic mass is 10.0. The van der Waals surface area contributed by atoms with Crippen molar-refractivity contribution in [2.24, 2.45) is 0 Å². The minimum absolute atomic E-state index is 0.00354. The Kier molecular flexibility index (Phi) is 6.06. The molecule has 1 aliphatic rings. The van der Waals surface area contributed by atoms with E-state index >= 15 is 0 Å². The first-order valence-corrected chi connectivity index (χ1v) is 9.68. The highest BCUT2D eigenvalue weighted by molar-refractivity contribution is 7.12. The van der Waals surface area contributed by atoms with E-state index < -0.39 is 0 Å². The molecule has 0 unspecified atom stereocenters. The quantitative estimate of drug-likeness (QED) is 0.790. The Labute approximate surface area is 158 Å². The summed E-state index contributed by atoms with van der Waals surface area (Å²) in [4.78, 5) is 26.8. The van der Waals surface area contributed by atoms with Gasteiger partial charge in [-0.2, -0.15) is 0 Å². The second-order valence-corrected chi connectivity index (χ2v) is 7.57. The highest BCUT2D eigenvalue weighted by atomic mass is 32.1. The molecule has 138 valence electrons. The first kappa shape index (κ1) is 18.6. The molecule has 3 rings (SSSR count). The van der Waals surface area contributed by atoms with Gasteiger partial charge >= 0.3 is 0 Å². The molecule has 0 bridgehead atoms. The molecule has 1 N–H and O–H groups in total. The minimum atomic E-state index is -0.0954. The van der Waals surface area contributed by atoms with Crippen LogP contribution >= 0.6 is 11.3 Å². The number of likely N-dealkylation sites (tertiary alicyclic amines) is 1. The van der Waals surface area contributed by atoms with Crippen LogP contribution in [-0.4, -0.2) is 42.8 Å². The zero-order chi connectivity index (χ0) is 18.5. The predicted octanol–water partition coefficient (Wildman–Crippen LogP) is 3.35. The molecule has 1 fully saturated rings. The average molecular weight is 372 g/mol. The van der Waals surface area contributed by atoms with Crippen molar-refractivity contribution in [2.75, 3.05) is 20.2 Å². The van der Waals surface area contributed by atoms with E-state index in [1.54, 1.807) is 18.6 Å². The van der Waals surface area contributed by atoms with Crippen LogP contribution in [-0.2, 0) is 6.54 Å². The fraction of sp³-hybridized carbons (Fsp3) is 0.400. The third kappa shape index (κ3) is 4.71. The number of ether oxygens (including phenoxy) is 1. The molecule has 0 radical (unpaired) electrons. The maximum atomic E-state index is 12.4. The van der Waals surface area contributed by atoms with E-state index in [4.69, 9.17) is 4.74 Å². The Morgan fingerprint density at radius 1 is 1.35 bits per heavy atom. The maximum Gasteiger partial charge on any atom is 0.252 e.